The van der Waals surface area contributed by atoms with Gasteiger partial charge >= 0.3 is 11.9 Å². The van der Waals surface area contributed by atoms with E-state index in [1.807, 2.05) is 27.7 Å². The summed E-state index contributed by atoms with van der Waals surface area (Å²) >= 11 is 0. The SMILES string of the molecule is Cc1c(C)c2c(c(C)c1OC(=O)CCC(=O)OC(C)(C)COC(C)C)CCC(C)(CCCC(C)CCCC(C)CCCC(C)C)O2. The number of benzene rings is 1. The van der Waals surface area contributed by atoms with Crippen LogP contribution in [0.25, 0.3) is 0 Å². The molecular formula is C40H68O6. The van der Waals surface area contributed by atoms with Crippen molar-refractivity contribution in [3.05, 3.63) is 22.3 Å². The Labute approximate surface area is 282 Å². The van der Waals surface area contributed by atoms with E-state index in [9.17, 15) is 9.59 Å². The summed E-state index contributed by atoms with van der Waals surface area (Å²) in [6.07, 6.45) is 13.4. The number of carbonyl (C=O) groups excluding carboxylic acids is 2. The van der Waals surface area contributed by atoms with Crippen LogP contribution in [-0.2, 0) is 25.5 Å². The van der Waals surface area contributed by atoms with E-state index in [-0.39, 0.29) is 24.5 Å². The number of fused-ring (bicyclic) bond motifs is 1. The standard InChI is InChI=1S/C40H68O6/c1-27(2)16-13-17-29(5)18-14-19-30(6)20-15-24-40(12)25-23-34-33(9)37(31(7)32(8)38(34)46-40)44-35(41)21-22-36(42)45-39(10,11)26-43-28(3)4/h27-30H,13-26H2,1-12H3. The highest BCUT2D eigenvalue weighted by Gasteiger charge is 2.35. The van der Waals surface area contributed by atoms with Gasteiger partial charge in [0, 0.05) is 5.56 Å². The van der Waals surface area contributed by atoms with Crippen molar-refractivity contribution in [1.29, 1.82) is 0 Å². The Hall–Kier alpha value is -2.08. The molecule has 0 aromatic heterocycles. The van der Waals surface area contributed by atoms with Gasteiger partial charge in [-0.25, -0.2) is 0 Å². The fraction of sp³-hybridized carbons (Fsp3) is 0.800. The fourth-order valence-corrected chi connectivity index (χ4v) is 6.54. The Morgan fingerprint density at radius 1 is 0.804 bits per heavy atom. The summed E-state index contributed by atoms with van der Waals surface area (Å²) in [4.78, 5) is 25.3. The number of carbonyl (C=O) groups is 2. The lowest BCUT2D eigenvalue weighted by Crippen LogP contribution is -2.37. The Kier molecular flexibility index (Phi) is 16.1. The summed E-state index contributed by atoms with van der Waals surface area (Å²) in [7, 11) is 0. The topological polar surface area (TPSA) is 71.1 Å². The van der Waals surface area contributed by atoms with Gasteiger partial charge in [-0.15, -0.1) is 0 Å². The van der Waals surface area contributed by atoms with Crippen molar-refractivity contribution in [3.8, 4) is 11.5 Å². The summed E-state index contributed by atoms with van der Waals surface area (Å²) < 4.78 is 23.8. The van der Waals surface area contributed by atoms with Crippen molar-refractivity contribution >= 4 is 11.9 Å². The molecule has 1 aromatic rings. The summed E-state index contributed by atoms with van der Waals surface area (Å²) in [5.41, 5.74) is 3.08. The van der Waals surface area contributed by atoms with Crippen LogP contribution < -0.4 is 9.47 Å². The molecule has 3 unspecified atom stereocenters. The van der Waals surface area contributed by atoms with Gasteiger partial charge in [-0.1, -0.05) is 72.6 Å². The normalized spacial score (nSPS) is 17.9. The second-order valence-electron chi connectivity index (χ2n) is 16.0. The van der Waals surface area contributed by atoms with Crippen LogP contribution in [0.4, 0.5) is 0 Å². The van der Waals surface area contributed by atoms with Gasteiger partial charge in [0.1, 0.15) is 22.7 Å². The van der Waals surface area contributed by atoms with Crippen molar-refractivity contribution in [2.24, 2.45) is 17.8 Å². The van der Waals surface area contributed by atoms with Gasteiger partial charge in [0.25, 0.3) is 0 Å². The van der Waals surface area contributed by atoms with E-state index in [1.165, 1.54) is 51.4 Å². The first kappa shape index (κ1) is 40.1. The predicted molar refractivity (Wildman–Crippen MR) is 189 cm³/mol. The summed E-state index contributed by atoms with van der Waals surface area (Å²) in [5.74, 6) is 3.09. The highest BCUT2D eigenvalue weighted by Crippen LogP contribution is 2.45. The van der Waals surface area contributed by atoms with Crippen LogP contribution in [0.5, 0.6) is 11.5 Å². The molecule has 0 spiro atoms. The van der Waals surface area contributed by atoms with Crippen molar-refractivity contribution < 1.29 is 28.5 Å². The highest BCUT2D eigenvalue weighted by molar-refractivity contribution is 5.80. The maximum absolute atomic E-state index is 12.8. The summed E-state index contributed by atoms with van der Waals surface area (Å²) in [6, 6.07) is 0. The Balaban J connectivity index is 1.87. The lowest BCUT2D eigenvalue weighted by molar-refractivity contribution is -0.164. The van der Waals surface area contributed by atoms with Gasteiger partial charge < -0.3 is 18.9 Å². The molecule has 0 amide bonds. The molecule has 0 radical (unpaired) electrons. The molecule has 1 aliphatic rings. The molecule has 1 heterocycles. The molecule has 1 aliphatic heterocycles. The molecule has 0 saturated carbocycles. The molecule has 0 bridgehead atoms. The zero-order valence-corrected chi connectivity index (χ0v) is 31.7. The maximum atomic E-state index is 12.8. The van der Waals surface area contributed by atoms with Crippen molar-refractivity contribution in [2.45, 2.75) is 184 Å². The summed E-state index contributed by atoms with van der Waals surface area (Å²) in [5, 5.41) is 0. The minimum absolute atomic E-state index is 0.0381. The van der Waals surface area contributed by atoms with E-state index >= 15 is 0 Å². The third-order valence-corrected chi connectivity index (χ3v) is 9.74. The first-order valence-corrected chi connectivity index (χ1v) is 18.3. The van der Waals surface area contributed by atoms with E-state index in [0.717, 1.165) is 65.0 Å². The van der Waals surface area contributed by atoms with Crippen LogP contribution in [-0.4, -0.2) is 35.9 Å². The van der Waals surface area contributed by atoms with Crippen LogP contribution in [0.1, 0.15) is 162 Å². The third kappa shape index (κ3) is 13.6. The van der Waals surface area contributed by atoms with Crippen molar-refractivity contribution in [1.82, 2.24) is 0 Å². The Morgan fingerprint density at radius 3 is 1.96 bits per heavy atom. The van der Waals surface area contributed by atoms with Gasteiger partial charge in [-0.2, -0.15) is 0 Å². The molecule has 46 heavy (non-hydrogen) atoms. The quantitative estimate of drug-likeness (QED) is 0.104. The predicted octanol–water partition coefficient (Wildman–Crippen LogP) is 10.6. The smallest absolute Gasteiger partial charge is 0.311 e. The van der Waals surface area contributed by atoms with E-state index in [2.05, 4.69) is 41.5 Å². The van der Waals surface area contributed by atoms with Crippen LogP contribution >= 0.6 is 0 Å². The summed E-state index contributed by atoms with van der Waals surface area (Å²) in [6.45, 7) is 25.6. The molecule has 0 N–H and O–H groups in total. The molecule has 264 valence electrons. The maximum Gasteiger partial charge on any atom is 0.311 e. The molecule has 1 aromatic carbocycles. The molecule has 6 heteroatoms. The van der Waals surface area contributed by atoms with Crippen LogP contribution in [0.15, 0.2) is 0 Å². The molecule has 0 aliphatic carbocycles. The van der Waals surface area contributed by atoms with E-state index in [1.54, 1.807) is 13.8 Å². The first-order chi connectivity index (χ1) is 21.4. The van der Waals surface area contributed by atoms with Crippen LogP contribution in [0.2, 0.25) is 0 Å². The van der Waals surface area contributed by atoms with Gasteiger partial charge in [-0.3, -0.25) is 9.59 Å². The van der Waals surface area contributed by atoms with E-state index in [4.69, 9.17) is 18.9 Å². The number of rotatable bonds is 20. The lowest BCUT2D eigenvalue weighted by atomic mass is 9.83. The minimum Gasteiger partial charge on any atom is -0.487 e. The Morgan fingerprint density at radius 2 is 1.37 bits per heavy atom. The zero-order valence-electron chi connectivity index (χ0n) is 31.7. The lowest BCUT2D eigenvalue weighted by Gasteiger charge is -2.38. The second kappa shape index (κ2) is 18.5. The monoisotopic (exact) mass is 645 g/mol. The average Bonchev–Trinajstić information content (AvgIpc) is 2.95. The van der Waals surface area contributed by atoms with Crippen LogP contribution in [0.3, 0.4) is 0 Å². The second-order valence-corrected chi connectivity index (χ2v) is 16.0. The molecule has 0 saturated heterocycles. The zero-order chi connectivity index (χ0) is 34.7. The number of hydrogen-bond donors (Lipinski definition) is 0. The fourth-order valence-electron chi connectivity index (χ4n) is 6.54. The van der Waals surface area contributed by atoms with E-state index in [0.29, 0.717) is 12.4 Å². The Bertz CT molecular complexity index is 1120. The van der Waals surface area contributed by atoms with Gasteiger partial charge in [-0.05, 0) is 116 Å². The minimum atomic E-state index is -0.758. The largest absolute Gasteiger partial charge is 0.487 e. The van der Waals surface area contributed by atoms with Gasteiger partial charge in [0.15, 0.2) is 0 Å². The molecule has 2 rings (SSSR count). The number of esters is 2. The molecule has 3 atom stereocenters. The van der Waals surface area contributed by atoms with Gasteiger partial charge in [0.05, 0.1) is 25.6 Å². The average molecular weight is 645 g/mol. The first-order valence-electron chi connectivity index (χ1n) is 18.3. The van der Waals surface area contributed by atoms with E-state index < -0.39 is 17.5 Å². The van der Waals surface area contributed by atoms with Gasteiger partial charge in [0.2, 0.25) is 0 Å². The van der Waals surface area contributed by atoms with Crippen molar-refractivity contribution in [3.63, 3.8) is 0 Å². The molecule has 0 fully saturated rings. The van der Waals surface area contributed by atoms with Crippen LogP contribution in [0, 0.1) is 38.5 Å². The molecular weight excluding hydrogens is 576 g/mol. The highest BCUT2D eigenvalue weighted by atomic mass is 16.6. The van der Waals surface area contributed by atoms with Crippen molar-refractivity contribution in [2.75, 3.05) is 6.61 Å². The third-order valence-electron chi connectivity index (χ3n) is 9.74. The number of ether oxygens (including phenoxy) is 4. The number of hydrogen-bond acceptors (Lipinski definition) is 6. The molecule has 6 nitrogen and oxygen atoms in total.